The summed E-state index contributed by atoms with van der Waals surface area (Å²) in [7, 11) is 7.04. The van der Waals surface area contributed by atoms with Crippen LogP contribution in [0.3, 0.4) is 0 Å². The van der Waals surface area contributed by atoms with Gasteiger partial charge < -0.3 is 24.3 Å². The summed E-state index contributed by atoms with van der Waals surface area (Å²) in [6, 6.07) is 11.7. The standard InChI is InChI=1S/C20H28N4O3.HI/c1-23(2)19(25)14-22-20(21-12-11-17-9-7-13-27-17)24(3)15-16-8-5-6-10-18(16)26-4;/h5-10,13H,11-12,14-15H2,1-4H3,(H,21,22);1H. The monoisotopic (exact) mass is 500 g/mol. The molecule has 2 rings (SSSR count). The van der Waals surface area contributed by atoms with Crippen LogP contribution in [0.15, 0.2) is 52.1 Å². The van der Waals surface area contributed by atoms with Crippen molar-refractivity contribution in [2.24, 2.45) is 4.99 Å². The number of methoxy groups -OCH3 is 1. The van der Waals surface area contributed by atoms with E-state index in [4.69, 9.17) is 9.15 Å². The quantitative estimate of drug-likeness (QED) is 0.343. The van der Waals surface area contributed by atoms with Crippen molar-refractivity contribution in [2.75, 3.05) is 41.3 Å². The lowest BCUT2D eigenvalue weighted by molar-refractivity contribution is -0.127. The number of ether oxygens (including phenoxy) is 1. The average molecular weight is 500 g/mol. The van der Waals surface area contributed by atoms with Crippen LogP contribution >= 0.6 is 24.0 Å². The maximum atomic E-state index is 11.9. The van der Waals surface area contributed by atoms with Crippen molar-refractivity contribution in [3.8, 4) is 5.75 Å². The van der Waals surface area contributed by atoms with Crippen molar-refractivity contribution in [1.82, 2.24) is 15.1 Å². The first-order valence-electron chi connectivity index (χ1n) is 8.85. The molecule has 0 bridgehead atoms. The molecule has 0 spiro atoms. The zero-order chi connectivity index (χ0) is 19.6. The predicted molar refractivity (Wildman–Crippen MR) is 121 cm³/mol. The molecule has 2 aromatic rings. The molecule has 1 heterocycles. The number of nitrogens with one attached hydrogen (secondary N) is 1. The number of furan rings is 1. The Bertz CT molecular complexity index is 748. The summed E-state index contributed by atoms with van der Waals surface area (Å²) in [5.41, 5.74) is 1.04. The number of hydrogen-bond acceptors (Lipinski definition) is 4. The number of carbonyl (C=O) groups excluding carboxylic acids is 1. The highest BCUT2D eigenvalue weighted by atomic mass is 127. The van der Waals surface area contributed by atoms with E-state index in [2.05, 4.69) is 10.3 Å². The summed E-state index contributed by atoms with van der Waals surface area (Å²) in [5.74, 6) is 2.33. The SMILES string of the molecule is COc1ccccc1CN(C)C(=NCC(=O)N(C)C)NCCc1ccco1.I. The lowest BCUT2D eigenvalue weighted by Crippen LogP contribution is -2.40. The average Bonchev–Trinajstić information content (AvgIpc) is 3.17. The molecule has 0 unspecified atom stereocenters. The maximum Gasteiger partial charge on any atom is 0.243 e. The molecule has 154 valence electrons. The zero-order valence-corrected chi connectivity index (χ0v) is 19.2. The van der Waals surface area contributed by atoms with Crippen LogP contribution in [0.1, 0.15) is 11.3 Å². The molecule has 0 radical (unpaired) electrons. The highest BCUT2D eigenvalue weighted by Gasteiger charge is 2.12. The fourth-order valence-electron chi connectivity index (χ4n) is 2.51. The van der Waals surface area contributed by atoms with Gasteiger partial charge in [0, 0.05) is 46.2 Å². The van der Waals surface area contributed by atoms with E-state index in [-0.39, 0.29) is 36.4 Å². The molecule has 0 saturated carbocycles. The molecule has 1 aromatic carbocycles. The van der Waals surface area contributed by atoms with Crippen LogP contribution in [0, 0.1) is 0 Å². The lowest BCUT2D eigenvalue weighted by Gasteiger charge is -2.23. The van der Waals surface area contributed by atoms with Crippen molar-refractivity contribution in [3.05, 3.63) is 54.0 Å². The van der Waals surface area contributed by atoms with Gasteiger partial charge in [-0.1, -0.05) is 18.2 Å². The van der Waals surface area contributed by atoms with Crippen molar-refractivity contribution in [2.45, 2.75) is 13.0 Å². The fourth-order valence-corrected chi connectivity index (χ4v) is 2.51. The summed E-state index contributed by atoms with van der Waals surface area (Å²) in [4.78, 5) is 19.9. The molecule has 0 aliphatic rings. The number of para-hydroxylation sites is 1. The number of aliphatic imine (C=N–C) groups is 1. The third kappa shape index (κ3) is 7.41. The van der Waals surface area contributed by atoms with E-state index in [1.165, 1.54) is 4.90 Å². The second-order valence-corrected chi connectivity index (χ2v) is 6.35. The van der Waals surface area contributed by atoms with Crippen LogP contribution < -0.4 is 10.1 Å². The highest BCUT2D eigenvalue weighted by Crippen LogP contribution is 2.18. The van der Waals surface area contributed by atoms with Gasteiger partial charge in [-0.3, -0.25) is 4.79 Å². The van der Waals surface area contributed by atoms with Crippen LogP contribution in [-0.2, 0) is 17.8 Å². The highest BCUT2D eigenvalue weighted by molar-refractivity contribution is 14.0. The second kappa shape index (κ2) is 12.3. The van der Waals surface area contributed by atoms with Gasteiger partial charge >= 0.3 is 0 Å². The minimum Gasteiger partial charge on any atom is -0.496 e. The van der Waals surface area contributed by atoms with Crippen molar-refractivity contribution < 1.29 is 13.9 Å². The summed E-state index contributed by atoms with van der Waals surface area (Å²) in [5, 5.41) is 3.31. The molecule has 0 aliphatic carbocycles. The Labute approximate surface area is 183 Å². The maximum absolute atomic E-state index is 11.9. The molecule has 7 nitrogen and oxygen atoms in total. The van der Waals surface area contributed by atoms with Gasteiger partial charge in [-0.25, -0.2) is 4.99 Å². The molecule has 28 heavy (non-hydrogen) atoms. The van der Waals surface area contributed by atoms with E-state index < -0.39 is 0 Å². The molecular formula is C20H29IN4O3. The largest absolute Gasteiger partial charge is 0.496 e. The Balaban J connectivity index is 0.00000392. The molecule has 1 aromatic heterocycles. The molecule has 0 atom stereocenters. The van der Waals surface area contributed by atoms with E-state index >= 15 is 0 Å². The fraction of sp³-hybridized carbons (Fsp3) is 0.400. The predicted octanol–water partition coefficient (Wildman–Crippen LogP) is 2.61. The number of nitrogens with zero attached hydrogens (tertiary/aromatic N) is 3. The van der Waals surface area contributed by atoms with Gasteiger partial charge in [0.2, 0.25) is 5.91 Å². The Morgan fingerprint density at radius 1 is 1.18 bits per heavy atom. The Morgan fingerprint density at radius 3 is 2.57 bits per heavy atom. The van der Waals surface area contributed by atoms with Gasteiger partial charge in [0.1, 0.15) is 18.1 Å². The van der Waals surface area contributed by atoms with Gasteiger partial charge in [-0.2, -0.15) is 0 Å². The summed E-state index contributed by atoms with van der Waals surface area (Å²) in [6.07, 6.45) is 2.39. The third-order valence-corrected chi connectivity index (χ3v) is 4.06. The minimum atomic E-state index is -0.0500. The number of likely N-dealkylation sites (N-methyl/N-ethyl adjacent to an activating group) is 1. The van der Waals surface area contributed by atoms with Crippen molar-refractivity contribution >= 4 is 35.8 Å². The van der Waals surface area contributed by atoms with E-state index in [0.29, 0.717) is 19.0 Å². The number of amides is 1. The number of guanidine groups is 1. The molecule has 0 saturated heterocycles. The second-order valence-electron chi connectivity index (χ2n) is 6.35. The Hall–Kier alpha value is -2.23. The molecular weight excluding hydrogens is 471 g/mol. The van der Waals surface area contributed by atoms with Crippen LogP contribution in [0.4, 0.5) is 0 Å². The van der Waals surface area contributed by atoms with Gasteiger partial charge in [0.15, 0.2) is 5.96 Å². The van der Waals surface area contributed by atoms with E-state index in [1.807, 2.05) is 48.3 Å². The smallest absolute Gasteiger partial charge is 0.243 e. The topological polar surface area (TPSA) is 70.3 Å². The van der Waals surface area contributed by atoms with Crippen LogP contribution in [0.5, 0.6) is 5.75 Å². The first-order chi connectivity index (χ1) is 13.0. The van der Waals surface area contributed by atoms with Crippen molar-refractivity contribution in [3.63, 3.8) is 0 Å². The van der Waals surface area contributed by atoms with E-state index in [0.717, 1.165) is 23.5 Å². The normalized spacial score (nSPS) is 10.8. The third-order valence-electron chi connectivity index (χ3n) is 4.06. The summed E-state index contributed by atoms with van der Waals surface area (Å²) >= 11 is 0. The van der Waals surface area contributed by atoms with Gasteiger partial charge in [0.25, 0.3) is 0 Å². The first kappa shape index (κ1) is 23.8. The number of carbonyl (C=O) groups is 1. The zero-order valence-electron chi connectivity index (χ0n) is 16.8. The molecule has 1 amide bonds. The van der Waals surface area contributed by atoms with E-state index in [1.54, 1.807) is 27.5 Å². The number of halogens is 1. The molecule has 0 aliphatic heterocycles. The lowest BCUT2D eigenvalue weighted by atomic mass is 10.2. The van der Waals surface area contributed by atoms with Crippen LogP contribution in [0.2, 0.25) is 0 Å². The minimum absolute atomic E-state index is 0. The van der Waals surface area contributed by atoms with Crippen molar-refractivity contribution in [1.29, 1.82) is 0 Å². The summed E-state index contributed by atoms with van der Waals surface area (Å²) in [6.45, 7) is 1.35. The molecule has 8 heteroatoms. The van der Waals surface area contributed by atoms with Crippen LogP contribution in [-0.4, -0.2) is 63.0 Å². The van der Waals surface area contributed by atoms with E-state index in [9.17, 15) is 4.79 Å². The van der Waals surface area contributed by atoms with Crippen LogP contribution in [0.25, 0.3) is 0 Å². The number of hydrogen-bond donors (Lipinski definition) is 1. The van der Waals surface area contributed by atoms with Gasteiger partial charge in [0.05, 0.1) is 13.4 Å². The van der Waals surface area contributed by atoms with Gasteiger partial charge in [-0.05, 0) is 18.2 Å². The Morgan fingerprint density at radius 2 is 1.93 bits per heavy atom. The molecule has 1 N–H and O–H groups in total. The molecule has 0 fully saturated rings. The van der Waals surface area contributed by atoms with Gasteiger partial charge in [-0.15, -0.1) is 24.0 Å². The number of benzene rings is 1. The summed E-state index contributed by atoms with van der Waals surface area (Å²) < 4.78 is 10.8. The Kier molecular flexibility index (Phi) is 10.4. The number of rotatable bonds is 8. The first-order valence-corrected chi connectivity index (χ1v) is 8.85.